The van der Waals surface area contributed by atoms with E-state index in [0.29, 0.717) is 28.2 Å². The molecule has 1 nitrogen and oxygen atoms in total. The van der Waals surface area contributed by atoms with E-state index in [0.717, 1.165) is 59.8 Å². The number of hydrogen-bond donors (Lipinski definition) is 0. The van der Waals surface area contributed by atoms with Crippen LogP contribution in [0.15, 0.2) is 170 Å². The van der Waals surface area contributed by atoms with Crippen LogP contribution in [0.4, 0.5) is 0 Å². The van der Waals surface area contributed by atoms with Crippen molar-refractivity contribution < 1.29 is 18.4 Å². The molecular weight excluding hydrogens is 569 g/mol. The number of ether oxygens (including phenoxy) is 1. The molecule has 1 heteroatoms. The van der Waals surface area contributed by atoms with Crippen LogP contribution in [0.5, 0.6) is 11.5 Å². The Morgan fingerprint density at radius 3 is 1.87 bits per heavy atom. The van der Waals surface area contributed by atoms with Crippen molar-refractivity contribution in [3.8, 4) is 56.0 Å². The summed E-state index contributed by atoms with van der Waals surface area (Å²) in [7, 11) is 0. The lowest BCUT2D eigenvalue weighted by Gasteiger charge is -2.24. The number of hydrogen-bond acceptors (Lipinski definition) is 1. The summed E-state index contributed by atoms with van der Waals surface area (Å²) in [6, 6.07) is 31.4. The fraction of sp³-hybridized carbons (Fsp3) is 0. The van der Waals surface area contributed by atoms with Crippen molar-refractivity contribution in [1.29, 1.82) is 0 Å². The van der Waals surface area contributed by atoms with Gasteiger partial charge in [-0.1, -0.05) is 139 Å². The van der Waals surface area contributed by atoms with E-state index in [9.17, 15) is 0 Å². The Morgan fingerprint density at radius 2 is 1.06 bits per heavy atom. The second-order valence-electron chi connectivity index (χ2n) is 11.7. The van der Waals surface area contributed by atoms with Crippen LogP contribution in [-0.2, 0) is 0 Å². The lowest BCUT2D eigenvalue weighted by atomic mass is 9.82. The minimum Gasteiger partial charge on any atom is -0.456 e. The Balaban J connectivity index is 1.33. The van der Waals surface area contributed by atoms with E-state index in [1.807, 2.05) is 84.9 Å². The van der Waals surface area contributed by atoms with E-state index in [1.54, 1.807) is 12.1 Å². The van der Waals surface area contributed by atoms with Gasteiger partial charge in [0.1, 0.15) is 11.5 Å². The molecule has 0 N–H and O–H groups in total. The summed E-state index contributed by atoms with van der Waals surface area (Å²) in [4.78, 5) is 0. The molecule has 9 aromatic carbocycles. The molecule has 0 radical (unpaired) electrons. The van der Waals surface area contributed by atoms with Crippen molar-refractivity contribution >= 4 is 43.1 Å². The number of fused-ring (bicyclic) bond motifs is 6. The third-order valence-electron chi connectivity index (χ3n) is 9.17. The maximum atomic E-state index is 9.09. The van der Waals surface area contributed by atoms with Crippen molar-refractivity contribution in [3.63, 3.8) is 0 Å². The average Bonchev–Trinajstić information content (AvgIpc) is 3.23. The molecule has 9 aromatic rings. The fourth-order valence-electron chi connectivity index (χ4n) is 7.23. The highest BCUT2D eigenvalue weighted by Crippen LogP contribution is 2.51. The highest BCUT2D eigenvalue weighted by molar-refractivity contribution is 6.28. The predicted molar refractivity (Wildman–Crippen MR) is 198 cm³/mol. The summed E-state index contributed by atoms with van der Waals surface area (Å²) in [6.45, 7) is 0. The van der Waals surface area contributed by atoms with Crippen LogP contribution in [0.25, 0.3) is 87.6 Å². The van der Waals surface area contributed by atoms with Crippen LogP contribution >= 0.6 is 0 Å². The van der Waals surface area contributed by atoms with Gasteiger partial charge in [0, 0.05) is 10.9 Å². The maximum Gasteiger partial charge on any atom is 0.135 e. The molecule has 0 unspecified atom stereocenters. The van der Waals surface area contributed by atoms with Gasteiger partial charge in [-0.2, -0.15) is 0 Å². The summed E-state index contributed by atoms with van der Waals surface area (Å²) in [5, 5.41) is 6.70. The van der Waals surface area contributed by atoms with Gasteiger partial charge in [0.15, 0.2) is 0 Å². The zero-order chi connectivity index (χ0) is 39.6. The first-order valence-corrected chi connectivity index (χ1v) is 15.4. The molecule has 1 heterocycles. The van der Waals surface area contributed by atoms with Gasteiger partial charge in [0.05, 0.1) is 13.7 Å². The van der Waals surface area contributed by atoms with Gasteiger partial charge in [-0.25, -0.2) is 0 Å². The molecule has 10 rings (SSSR count). The van der Waals surface area contributed by atoms with Gasteiger partial charge in [0.25, 0.3) is 0 Å². The summed E-state index contributed by atoms with van der Waals surface area (Å²) in [5.74, 6) is 1.22. The minimum atomic E-state index is -0.455. The van der Waals surface area contributed by atoms with Crippen LogP contribution < -0.4 is 4.74 Å². The van der Waals surface area contributed by atoms with Crippen LogP contribution in [0.2, 0.25) is 0 Å². The van der Waals surface area contributed by atoms with Crippen LogP contribution in [0, 0.1) is 0 Å². The molecule has 0 aliphatic carbocycles. The molecule has 0 spiro atoms. The standard InChI is InChI=1S/C46H28O/c1-3-12-29(13-4-1)32-23-25-41-39(27-32)40-28-34(26-33-17-11-21-42(47-41)44(33)40)43-36-19-9-10-20-37(36)45(31-15-5-2-6-16-31)46-35-18-8-7-14-30(35)22-24-38(43)46/h1-28H/i1D,2D,3D,4D,5D,6D,12D,13D,15D,16D. The zero-order valence-corrected chi connectivity index (χ0v) is 24.8. The van der Waals surface area contributed by atoms with E-state index < -0.39 is 36.3 Å². The smallest absolute Gasteiger partial charge is 0.135 e. The molecule has 0 aromatic heterocycles. The van der Waals surface area contributed by atoms with Gasteiger partial charge in [0.2, 0.25) is 0 Å². The molecule has 0 bridgehead atoms. The lowest BCUT2D eigenvalue weighted by molar-refractivity contribution is 0.487. The molecule has 1 aliphatic heterocycles. The fourth-order valence-corrected chi connectivity index (χ4v) is 7.23. The van der Waals surface area contributed by atoms with Crippen molar-refractivity contribution in [1.82, 2.24) is 0 Å². The molecule has 0 saturated carbocycles. The van der Waals surface area contributed by atoms with E-state index >= 15 is 0 Å². The molecule has 0 saturated heterocycles. The van der Waals surface area contributed by atoms with Gasteiger partial charge in [-0.15, -0.1) is 0 Å². The first-order chi connectivity index (χ1) is 27.5. The van der Waals surface area contributed by atoms with Gasteiger partial charge in [-0.3, -0.25) is 0 Å². The monoisotopic (exact) mass is 606 g/mol. The first-order valence-electron chi connectivity index (χ1n) is 20.4. The van der Waals surface area contributed by atoms with Crippen LogP contribution in [-0.4, -0.2) is 0 Å². The van der Waals surface area contributed by atoms with Gasteiger partial charge >= 0.3 is 0 Å². The highest BCUT2D eigenvalue weighted by atomic mass is 16.5. The highest BCUT2D eigenvalue weighted by Gasteiger charge is 2.24. The molecular formula is C46H28O. The Morgan fingerprint density at radius 1 is 0.383 bits per heavy atom. The molecule has 0 fully saturated rings. The van der Waals surface area contributed by atoms with E-state index in [4.69, 9.17) is 18.4 Å². The molecule has 218 valence electrons. The van der Waals surface area contributed by atoms with Gasteiger partial charge in [-0.05, 0) is 107 Å². The van der Waals surface area contributed by atoms with Crippen LogP contribution in [0.1, 0.15) is 13.7 Å². The van der Waals surface area contributed by atoms with Gasteiger partial charge < -0.3 is 4.74 Å². The molecule has 0 amide bonds. The van der Waals surface area contributed by atoms with Crippen molar-refractivity contribution in [2.75, 3.05) is 0 Å². The summed E-state index contributed by atoms with van der Waals surface area (Å²) in [6.07, 6.45) is 0. The second-order valence-corrected chi connectivity index (χ2v) is 11.7. The molecule has 0 atom stereocenters. The largest absolute Gasteiger partial charge is 0.456 e. The summed E-state index contributed by atoms with van der Waals surface area (Å²) < 4.78 is 92.3. The summed E-state index contributed by atoms with van der Waals surface area (Å²) >= 11 is 0. The third kappa shape index (κ3) is 3.97. The minimum absolute atomic E-state index is 0.0992. The first kappa shape index (κ1) is 18.1. The zero-order valence-electron chi connectivity index (χ0n) is 34.8. The second kappa shape index (κ2) is 10.2. The number of rotatable bonds is 3. The predicted octanol–water partition coefficient (Wildman–Crippen LogP) is 13.1. The average molecular weight is 607 g/mol. The molecule has 47 heavy (non-hydrogen) atoms. The van der Waals surface area contributed by atoms with Crippen molar-refractivity contribution in [3.05, 3.63) is 170 Å². The topological polar surface area (TPSA) is 9.23 Å². The van der Waals surface area contributed by atoms with E-state index in [-0.39, 0.29) is 35.3 Å². The number of benzene rings is 9. The summed E-state index contributed by atoms with van der Waals surface area (Å²) in [5.41, 5.74) is 4.53. The maximum absolute atomic E-state index is 9.09. The van der Waals surface area contributed by atoms with E-state index in [2.05, 4.69) is 12.1 Å². The third-order valence-corrected chi connectivity index (χ3v) is 9.17. The SMILES string of the molecule is [2H]c1c([2H])c([2H])c(-c2ccc3c(c2)-c2cc(-c4c5ccccc5c(-c5c([2H])c([2H])c([2H])c([2H])c5[2H])c5c4ccc4ccccc45)cc4cccc(c24)O3)c([2H])c1[2H]. The van der Waals surface area contributed by atoms with E-state index in [1.165, 1.54) is 0 Å². The lowest BCUT2D eigenvalue weighted by Crippen LogP contribution is -1.99. The van der Waals surface area contributed by atoms with Crippen molar-refractivity contribution in [2.45, 2.75) is 0 Å². The van der Waals surface area contributed by atoms with Crippen LogP contribution in [0.3, 0.4) is 0 Å². The molecule has 1 aliphatic rings. The Bertz CT molecular complexity index is 3220. The normalized spacial score (nSPS) is 15.0. The Kier molecular flexibility index (Phi) is 3.91. The Hall–Kier alpha value is -6.18. The van der Waals surface area contributed by atoms with Crippen molar-refractivity contribution in [2.24, 2.45) is 0 Å². The quantitative estimate of drug-likeness (QED) is 0.144. The Labute approximate surface area is 287 Å².